The molecule has 2 aromatic rings. The maximum Gasteiger partial charge on any atom is 0.259 e. The smallest absolute Gasteiger partial charge is 0.259 e. The molecule has 1 amide bonds. The van der Waals surface area contributed by atoms with Gasteiger partial charge < -0.3 is 5.32 Å². The summed E-state index contributed by atoms with van der Waals surface area (Å²) in [5.41, 5.74) is 5.30. The molecule has 5 heteroatoms. The summed E-state index contributed by atoms with van der Waals surface area (Å²) >= 11 is 0. The summed E-state index contributed by atoms with van der Waals surface area (Å²) < 4.78 is 12.8. The van der Waals surface area contributed by atoms with E-state index in [0.29, 0.717) is 12.1 Å². The highest BCUT2D eigenvalue weighted by Gasteiger charge is 2.03. The molecule has 0 unspecified atom stereocenters. The molecular weight excluding hydrogens is 293 g/mol. The van der Waals surface area contributed by atoms with Gasteiger partial charge in [0.05, 0.1) is 6.54 Å². The zero-order valence-electron chi connectivity index (χ0n) is 13.1. The topological polar surface area (TPSA) is 53.5 Å². The van der Waals surface area contributed by atoms with Gasteiger partial charge in [-0.3, -0.25) is 4.79 Å². The van der Waals surface area contributed by atoms with Gasteiger partial charge in [0.1, 0.15) is 5.82 Å². The van der Waals surface area contributed by atoms with Gasteiger partial charge in [-0.15, -0.1) is 0 Å². The SMILES string of the molecule is CC/C(Cc1ccccc1)=N\NC(=O)CNc1ccc(F)cc1. The molecule has 120 valence electrons. The van der Waals surface area contributed by atoms with Crippen molar-refractivity contribution in [3.05, 3.63) is 66.0 Å². The molecule has 0 aliphatic carbocycles. The predicted molar refractivity (Wildman–Crippen MR) is 90.9 cm³/mol. The quantitative estimate of drug-likeness (QED) is 0.608. The van der Waals surface area contributed by atoms with Crippen LogP contribution in [0.3, 0.4) is 0 Å². The zero-order chi connectivity index (χ0) is 16.5. The average Bonchev–Trinajstić information content (AvgIpc) is 2.59. The number of hydrogen-bond donors (Lipinski definition) is 2. The second-order valence-electron chi connectivity index (χ2n) is 5.09. The lowest BCUT2D eigenvalue weighted by atomic mass is 10.1. The van der Waals surface area contributed by atoms with Crippen molar-refractivity contribution in [2.24, 2.45) is 5.10 Å². The number of halogens is 1. The maximum absolute atomic E-state index is 12.8. The summed E-state index contributed by atoms with van der Waals surface area (Å²) in [6.45, 7) is 2.09. The van der Waals surface area contributed by atoms with Gasteiger partial charge in [-0.25, -0.2) is 9.82 Å². The van der Waals surface area contributed by atoms with E-state index in [2.05, 4.69) is 15.8 Å². The Balaban J connectivity index is 1.82. The number of nitrogens with one attached hydrogen (secondary N) is 2. The lowest BCUT2D eigenvalue weighted by Crippen LogP contribution is -2.27. The summed E-state index contributed by atoms with van der Waals surface area (Å²) in [6, 6.07) is 15.8. The van der Waals surface area contributed by atoms with E-state index in [0.717, 1.165) is 17.7 Å². The Morgan fingerprint density at radius 1 is 1.09 bits per heavy atom. The van der Waals surface area contributed by atoms with Crippen LogP contribution in [0.4, 0.5) is 10.1 Å². The number of nitrogens with zero attached hydrogens (tertiary/aromatic N) is 1. The third-order valence-electron chi connectivity index (χ3n) is 3.30. The van der Waals surface area contributed by atoms with E-state index in [1.165, 1.54) is 12.1 Å². The summed E-state index contributed by atoms with van der Waals surface area (Å²) in [5, 5.41) is 7.10. The molecule has 0 bridgehead atoms. The summed E-state index contributed by atoms with van der Waals surface area (Å²) in [6.07, 6.45) is 1.48. The van der Waals surface area contributed by atoms with Crippen LogP contribution in [-0.2, 0) is 11.2 Å². The highest BCUT2D eigenvalue weighted by molar-refractivity contribution is 5.88. The molecule has 4 nitrogen and oxygen atoms in total. The van der Waals surface area contributed by atoms with Gasteiger partial charge in [-0.1, -0.05) is 37.3 Å². The molecule has 2 N–H and O–H groups in total. The first-order valence-corrected chi connectivity index (χ1v) is 7.55. The fraction of sp³-hybridized carbons (Fsp3) is 0.222. The van der Waals surface area contributed by atoms with Crippen LogP contribution in [0.25, 0.3) is 0 Å². The minimum absolute atomic E-state index is 0.0808. The molecule has 23 heavy (non-hydrogen) atoms. The van der Waals surface area contributed by atoms with Crippen molar-refractivity contribution in [2.45, 2.75) is 19.8 Å². The normalized spacial score (nSPS) is 11.1. The van der Waals surface area contributed by atoms with E-state index < -0.39 is 0 Å². The van der Waals surface area contributed by atoms with Crippen molar-refractivity contribution in [1.82, 2.24) is 5.43 Å². The Kier molecular flexibility index (Phi) is 6.29. The van der Waals surface area contributed by atoms with Crippen molar-refractivity contribution in [1.29, 1.82) is 0 Å². The Morgan fingerprint density at radius 2 is 1.78 bits per heavy atom. The molecular formula is C18H20FN3O. The van der Waals surface area contributed by atoms with Crippen molar-refractivity contribution >= 4 is 17.3 Å². The highest BCUT2D eigenvalue weighted by atomic mass is 19.1. The lowest BCUT2D eigenvalue weighted by molar-refractivity contribution is -0.119. The number of benzene rings is 2. The number of rotatable bonds is 7. The molecule has 0 radical (unpaired) electrons. The Bertz CT molecular complexity index is 654. The van der Waals surface area contributed by atoms with Gasteiger partial charge >= 0.3 is 0 Å². The van der Waals surface area contributed by atoms with Gasteiger partial charge in [0.15, 0.2) is 0 Å². The minimum atomic E-state index is -0.307. The number of hydrogen-bond acceptors (Lipinski definition) is 3. The second-order valence-corrected chi connectivity index (χ2v) is 5.09. The molecule has 0 aromatic heterocycles. The Morgan fingerprint density at radius 3 is 2.43 bits per heavy atom. The molecule has 0 aliphatic heterocycles. The molecule has 2 aromatic carbocycles. The van der Waals surface area contributed by atoms with Crippen molar-refractivity contribution in [3.8, 4) is 0 Å². The van der Waals surface area contributed by atoms with Crippen LogP contribution in [-0.4, -0.2) is 18.2 Å². The van der Waals surface area contributed by atoms with E-state index in [1.807, 2.05) is 37.3 Å². The summed E-state index contributed by atoms with van der Waals surface area (Å²) in [4.78, 5) is 11.8. The number of anilines is 1. The first-order chi connectivity index (χ1) is 11.2. The van der Waals surface area contributed by atoms with Crippen LogP contribution < -0.4 is 10.7 Å². The first kappa shape index (κ1) is 16.7. The molecule has 0 saturated heterocycles. The van der Waals surface area contributed by atoms with Crippen LogP contribution in [0.15, 0.2) is 59.7 Å². The van der Waals surface area contributed by atoms with Crippen LogP contribution in [0, 0.1) is 5.82 Å². The Labute approximate surface area is 135 Å². The third-order valence-corrected chi connectivity index (χ3v) is 3.30. The first-order valence-electron chi connectivity index (χ1n) is 7.55. The van der Waals surface area contributed by atoms with E-state index in [4.69, 9.17) is 0 Å². The van der Waals surface area contributed by atoms with E-state index in [9.17, 15) is 9.18 Å². The van der Waals surface area contributed by atoms with Crippen molar-refractivity contribution in [3.63, 3.8) is 0 Å². The summed E-state index contributed by atoms with van der Waals surface area (Å²) in [5.74, 6) is -0.550. The van der Waals surface area contributed by atoms with Gasteiger partial charge in [-0.05, 0) is 36.2 Å². The van der Waals surface area contributed by atoms with E-state index in [-0.39, 0.29) is 18.3 Å². The second kappa shape index (κ2) is 8.68. The Hall–Kier alpha value is -2.69. The van der Waals surface area contributed by atoms with Gasteiger partial charge in [-0.2, -0.15) is 5.10 Å². The van der Waals surface area contributed by atoms with Crippen molar-refractivity contribution < 1.29 is 9.18 Å². The monoisotopic (exact) mass is 313 g/mol. The molecule has 0 fully saturated rings. The fourth-order valence-corrected chi connectivity index (χ4v) is 2.01. The van der Waals surface area contributed by atoms with Crippen LogP contribution in [0.5, 0.6) is 0 Å². The van der Waals surface area contributed by atoms with E-state index >= 15 is 0 Å². The average molecular weight is 313 g/mol. The summed E-state index contributed by atoms with van der Waals surface area (Å²) in [7, 11) is 0. The number of hydrazone groups is 1. The predicted octanol–water partition coefficient (Wildman–Crippen LogP) is 3.36. The molecule has 0 atom stereocenters. The highest BCUT2D eigenvalue weighted by Crippen LogP contribution is 2.07. The van der Waals surface area contributed by atoms with Gasteiger partial charge in [0.25, 0.3) is 5.91 Å². The fourth-order valence-electron chi connectivity index (χ4n) is 2.01. The van der Waals surface area contributed by atoms with Gasteiger partial charge in [0, 0.05) is 17.8 Å². The minimum Gasteiger partial charge on any atom is -0.376 e. The van der Waals surface area contributed by atoms with E-state index in [1.54, 1.807) is 12.1 Å². The number of carbonyl (C=O) groups is 1. The zero-order valence-corrected chi connectivity index (χ0v) is 13.1. The standard InChI is InChI=1S/C18H20FN3O/c1-2-16(12-14-6-4-3-5-7-14)21-22-18(23)13-20-17-10-8-15(19)9-11-17/h3-11,20H,2,12-13H2,1H3,(H,22,23)/b21-16+. The van der Waals surface area contributed by atoms with Gasteiger partial charge in [0.2, 0.25) is 0 Å². The van der Waals surface area contributed by atoms with Crippen LogP contribution >= 0.6 is 0 Å². The van der Waals surface area contributed by atoms with Crippen LogP contribution in [0.2, 0.25) is 0 Å². The molecule has 0 spiro atoms. The molecule has 0 saturated carbocycles. The lowest BCUT2D eigenvalue weighted by Gasteiger charge is -2.07. The van der Waals surface area contributed by atoms with Crippen LogP contribution in [0.1, 0.15) is 18.9 Å². The molecule has 0 aliphatic rings. The third kappa shape index (κ3) is 5.90. The van der Waals surface area contributed by atoms with Crippen molar-refractivity contribution in [2.75, 3.05) is 11.9 Å². The maximum atomic E-state index is 12.8. The molecule has 0 heterocycles. The largest absolute Gasteiger partial charge is 0.376 e. The molecule has 2 rings (SSSR count). The number of carbonyl (C=O) groups excluding carboxylic acids is 1. The number of amides is 1.